The summed E-state index contributed by atoms with van der Waals surface area (Å²) in [6.45, 7) is 3.75. The Morgan fingerprint density at radius 1 is 1.39 bits per heavy atom. The summed E-state index contributed by atoms with van der Waals surface area (Å²) in [6.07, 6.45) is 7.50. The zero-order valence-corrected chi connectivity index (χ0v) is 13.8. The number of hydrogen-bond donors (Lipinski definition) is 1. The summed E-state index contributed by atoms with van der Waals surface area (Å²) in [5.41, 5.74) is 10.1. The zero-order valence-electron chi connectivity index (χ0n) is 13.8. The molecule has 0 saturated heterocycles. The number of carbonyl (C=O) groups excluding carboxylic acids is 1. The van der Waals surface area contributed by atoms with Gasteiger partial charge in [-0.05, 0) is 18.9 Å². The lowest BCUT2D eigenvalue weighted by molar-refractivity contribution is -0.116. The van der Waals surface area contributed by atoms with Gasteiger partial charge in [0.2, 0.25) is 0 Å². The monoisotopic (exact) mass is 310 g/mol. The Hall–Kier alpha value is -2.43. The summed E-state index contributed by atoms with van der Waals surface area (Å²) in [7, 11) is 1.90. The normalized spacial score (nSPS) is 15.2. The van der Waals surface area contributed by atoms with Crippen LogP contribution in [0.15, 0.2) is 30.7 Å². The number of aryl methyl sites for hydroxylation is 1. The van der Waals surface area contributed by atoms with E-state index in [1.807, 2.05) is 45.4 Å². The maximum atomic E-state index is 12.3. The number of rotatable bonds is 5. The molecule has 0 aliphatic heterocycles. The topological polar surface area (TPSA) is 73.8 Å². The van der Waals surface area contributed by atoms with Crippen LogP contribution in [0.4, 0.5) is 0 Å². The van der Waals surface area contributed by atoms with Crippen molar-refractivity contribution in [2.75, 3.05) is 0 Å². The third-order valence-electron chi connectivity index (χ3n) is 4.14. The van der Waals surface area contributed by atoms with Gasteiger partial charge in [-0.2, -0.15) is 5.10 Å². The fourth-order valence-electron chi connectivity index (χ4n) is 2.70. The minimum absolute atomic E-state index is 0.0240. The number of allylic oxidation sites excluding steroid dienone is 1. The van der Waals surface area contributed by atoms with Gasteiger partial charge in [0.05, 0.1) is 23.2 Å². The highest BCUT2D eigenvalue weighted by molar-refractivity contribution is 6.20. The molecule has 2 N–H and O–H groups in total. The van der Waals surface area contributed by atoms with Crippen LogP contribution < -0.4 is 5.73 Å². The Kier molecular flexibility index (Phi) is 4.03. The van der Waals surface area contributed by atoms with Crippen molar-refractivity contribution in [1.29, 1.82) is 0 Å². The number of hydrogen-bond acceptors (Lipinski definition) is 4. The molecule has 0 bridgehead atoms. The highest BCUT2D eigenvalue weighted by Crippen LogP contribution is 2.43. The Bertz CT molecular complexity index is 769. The van der Waals surface area contributed by atoms with Gasteiger partial charge in [-0.25, -0.2) is 0 Å². The zero-order chi connectivity index (χ0) is 16.6. The summed E-state index contributed by atoms with van der Waals surface area (Å²) < 4.78 is 1.79. The Morgan fingerprint density at radius 2 is 2.13 bits per heavy atom. The molecule has 1 aliphatic rings. The van der Waals surface area contributed by atoms with Gasteiger partial charge in [0, 0.05) is 42.4 Å². The highest BCUT2D eigenvalue weighted by atomic mass is 16.1. The van der Waals surface area contributed by atoms with E-state index in [2.05, 4.69) is 5.10 Å². The van der Waals surface area contributed by atoms with Crippen LogP contribution in [0, 0.1) is 5.92 Å². The number of nitrogens with zero attached hydrogens (tertiary/aromatic N) is 3. The Morgan fingerprint density at radius 3 is 2.65 bits per heavy atom. The second-order valence-electron chi connectivity index (χ2n) is 6.41. The molecule has 1 saturated carbocycles. The first-order chi connectivity index (χ1) is 11.0. The summed E-state index contributed by atoms with van der Waals surface area (Å²) in [5.74, 6) is 0.392. The van der Waals surface area contributed by atoms with Gasteiger partial charge in [-0.3, -0.25) is 14.5 Å². The van der Waals surface area contributed by atoms with Gasteiger partial charge in [0.1, 0.15) is 0 Å². The predicted octanol–water partition coefficient (Wildman–Crippen LogP) is 2.88. The smallest absolute Gasteiger partial charge is 0.169 e. The highest BCUT2D eigenvalue weighted by Gasteiger charge is 2.29. The van der Waals surface area contributed by atoms with Gasteiger partial charge < -0.3 is 5.73 Å². The van der Waals surface area contributed by atoms with Crippen LogP contribution in [0.1, 0.15) is 44.0 Å². The lowest BCUT2D eigenvalue weighted by Gasteiger charge is -2.12. The molecule has 2 heterocycles. The van der Waals surface area contributed by atoms with Crippen LogP contribution in [-0.4, -0.2) is 20.5 Å². The van der Waals surface area contributed by atoms with E-state index in [1.165, 1.54) is 6.20 Å². The van der Waals surface area contributed by atoms with Crippen molar-refractivity contribution in [2.45, 2.75) is 32.6 Å². The molecular formula is C18H22N4O. The minimum atomic E-state index is -0.103. The van der Waals surface area contributed by atoms with E-state index >= 15 is 0 Å². The molecule has 5 heteroatoms. The van der Waals surface area contributed by atoms with E-state index in [4.69, 9.17) is 10.7 Å². The van der Waals surface area contributed by atoms with Gasteiger partial charge in [0.25, 0.3) is 0 Å². The third kappa shape index (κ3) is 3.04. The van der Waals surface area contributed by atoms with Crippen LogP contribution in [-0.2, 0) is 11.8 Å². The van der Waals surface area contributed by atoms with E-state index in [0.29, 0.717) is 17.2 Å². The molecule has 2 aromatic rings. The maximum absolute atomic E-state index is 12.3. The van der Waals surface area contributed by atoms with Crippen LogP contribution in [0.5, 0.6) is 0 Å². The number of aromatic nitrogens is 3. The molecule has 0 unspecified atom stereocenters. The molecular weight excluding hydrogens is 288 g/mol. The number of Topliss-reactive ketones (excluding diaryl/α,β-unsaturated/α-hetero) is 1. The predicted molar refractivity (Wildman–Crippen MR) is 90.4 cm³/mol. The SMILES string of the molecule is CC(C)C(=O)C(=CN)c1ccc(-c2cnn(C)c2)c(C2CC2)n1. The Labute approximate surface area is 136 Å². The van der Waals surface area contributed by atoms with Crippen molar-refractivity contribution in [2.24, 2.45) is 18.7 Å². The van der Waals surface area contributed by atoms with E-state index in [0.717, 1.165) is 29.7 Å². The molecule has 0 radical (unpaired) electrons. The van der Waals surface area contributed by atoms with E-state index in [-0.39, 0.29) is 11.7 Å². The van der Waals surface area contributed by atoms with Crippen LogP contribution in [0.2, 0.25) is 0 Å². The molecule has 1 fully saturated rings. The van der Waals surface area contributed by atoms with Gasteiger partial charge in [-0.15, -0.1) is 0 Å². The summed E-state index contributed by atoms with van der Waals surface area (Å²) in [6, 6.07) is 3.91. The van der Waals surface area contributed by atoms with Crippen molar-refractivity contribution >= 4 is 11.4 Å². The average molecular weight is 310 g/mol. The van der Waals surface area contributed by atoms with Crippen LogP contribution >= 0.6 is 0 Å². The molecule has 5 nitrogen and oxygen atoms in total. The van der Waals surface area contributed by atoms with Gasteiger partial charge in [0.15, 0.2) is 5.78 Å². The molecule has 23 heavy (non-hydrogen) atoms. The van der Waals surface area contributed by atoms with Gasteiger partial charge in [-0.1, -0.05) is 19.9 Å². The average Bonchev–Trinajstić information content (AvgIpc) is 3.29. The van der Waals surface area contributed by atoms with Crippen molar-refractivity contribution < 1.29 is 4.79 Å². The van der Waals surface area contributed by atoms with E-state index in [9.17, 15) is 4.79 Å². The van der Waals surface area contributed by atoms with Crippen LogP contribution in [0.3, 0.4) is 0 Å². The number of pyridine rings is 1. The third-order valence-corrected chi connectivity index (χ3v) is 4.14. The van der Waals surface area contributed by atoms with Crippen molar-refractivity contribution in [3.8, 4) is 11.1 Å². The molecule has 0 aromatic carbocycles. The fourth-order valence-corrected chi connectivity index (χ4v) is 2.70. The lowest BCUT2D eigenvalue weighted by Crippen LogP contribution is -2.12. The first kappa shape index (κ1) is 15.5. The summed E-state index contributed by atoms with van der Waals surface area (Å²) >= 11 is 0. The van der Waals surface area contributed by atoms with Crippen molar-refractivity contribution in [3.05, 3.63) is 42.1 Å². The van der Waals surface area contributed by atoms with Crippen molar-refractivity contribution in [3.63, 3.8) is 0 Å². The van der Waals surface area contributed by atoms with Crippen LogP contribution in [0.25, 0.3) is 16.7 Å². The second kappa shape index (κ2) is 5.99. The number of carbonyl (C=O) groups is 1. The van der Waals surface area contributed by atoms with Gasteiger partial charge >= 0.3 is 0 Å². The largest absolute Gasteiger partial charge is 0.404 e. The number of ketones is 1. The molecule has 1 aliphatic carbocycles. The minimum Gasteiger partial charge on any atom is -0.404 e. The lowest BCUT2D eigenvalue weighted by atomic mass is 9.97. The Balaban J connectivity index is 2.05. The molecule has 0 spiro atoms. The summed E-state index contributed by atoms with van der Waals surface area (Å²) in [5, 5.41) is 4.24. The molecule has 0 atom stereocenters. The first-order valence-corrected chi connectivity index (χ1v) is 7.97. The molecule has 3 rings (SSSR count). The quantitative estimate of drug-likeness (QED) is 0.862. The maximum Gasteiger partial charge on any atom is 0.169 e. The standard InChI is InChI=1S/C18H22N4O/c1-11(2)18(23)15(8-19)16-7-6-14(13-9-20-22(3)10-13)17(21-16)12-4-5-12/h6-12H,4-5,19H2,1-3H3. The summed E-state index contributed by atoms with van der Waals surface area (Å²) in [4.78, 5) is 17.1. The first-order valence-electron chi connectivity index (χ1n) is 7.97. The second-order valence-corrected chi connectivity index (χ2v) is 6.41. The molecule has 0 amide bonds. The number of nitrogens with two attached hydrogens (primary N) is 1. The van der Waals surface area contributed by atoms with E-state index < -0.39 is 0 Å². The van der Waals surface area contributed by atoms with Crippen molar-refractivity contribution in [1.82, 2.24) is 14.8 Å². The molecule has 120 valence electrons. The van der Waals surface area contributed by atoms with E-state index in [1.54, 1.807) is 4.68 Å². The fraction of sp³-hybridized carbons (Fsp3) is 0.389. The molecule has 2 aromatic heterocycles.